The quantitative estimate of drug-likeness (QED) is 0.838. The third kappa shape index (κ3) is 2.58. The van der Waals surface area contributed by atoms with Crippen molar-refractivity contribution in [2.24, 2.45) is 0 Å². The Kier molecular flexibility index (Phi) is 3.64. The average molecular weight is 258 g/mol. The number of hydrogen-bond acceptors (Lipinski definition) is 2. The van der Waals surface area contributed by atoms with Crippen LogP contribution < -0.4 is 4.90 Å². The predicted molar refractivity (Wildman–Crippen MR) is 63.8 cm³/mol. The number of aliphatic hydroxyl groups excluding tert-OH is 1. The van der Waals surface area contributed by atoms with Crippen LogP contribution in [0.4, 0.5) is 10.1 Å². The van der Waals surface area contributed by atoms with Crippen LogP contribution in [-0.2, 0) is 11.2 Å². The Morgan fingerprint density at radius 1 is 1.47 bits per heavy atom. The molecule has 0 aromatic heterocycles. The number of anilines is 1. The summed E-state index contributed by atoms with van der Waals surface area (Å²) in [6.07, 6.45) is 0.199. The van der Waals surface area contributed by atoms with E-state index in [0.29, 0.717) is 18.5 Å². The normalized spacial score (nSPS) is 16.9. The van der Waals surface area contributed by atoms with Crippen molar-refractivity contribution < 1.29 is 14.3 Å². The summed E-state index contributed by atoms with van der Waals surface area (Å²) in [5, 5.41) is 9.50. The number of carbonyl (C=O) groups is 1. The number of carbonyl (C=O) groups excluding carboxylic acids is 1. The standard InChI is InChI=1S/C12H13ClFNO2/c13-6-10(16)7-15-11-5-9(14)3-1-8(11)2-4-12(15)17/h1,3,5,10,16H,2,4,6-7H2. The maximum atomic E-state index is 13.2. The molecule has 2 rings (SSSR count). The molecule has 1 aliphatic rings. The Hall–Kier alpha value is -1.13. The van der Waals surface area contributed by atoms with E-state index in [9.17, 15) is 14.3 Å². The third-order valence-corrected chi connectivity index (χ3v) is 3.18. The maximum Gasteiger partial charge on any atom is 0.227 e. The van der Waals surface area contributed by atoms with Crippen LogP contribution in [0.3, 0.4) is 0 Å². The summed E-state index contributed by atoms with van der Waals surface area (Å²) in [6, 6.07) is 4.38. The van der Waals surface area contributed by atoms with Crippen LogP contribution in [0.15, 0.2) is 18.2 Å². The number of fused-ring (bicyclic) bond motifs is 1. The van der Waals surface area contributed by atoms with E-state index in [0.717, 1.165) is 5.56 Å². The number of amides is 1. The fourth-order valence-corrected chi connectivity index (χ4v) is 2.07. The maximum absolute atomic E-state index is 13.2. The van der Waals surface area contributed by atoms with E-state index in [1.165, 1.54) is 17.0 Å². The van der Waals surface area contributed by atoms with E-state index in [1.54, 1.807) is 6.07 Å². The van der Waals surface area contributed by atoms with Crippen LogP contribution in [-0.4, -0.2) is 29.5 Å². The molecule has 1 aliphatic heterocycles. The summed E-state index contributed by atoms with van der Waals surface area (Å²) in [7, 11) is 0. The molecule has 92 valence electrons. The van der Waals surface area contributed by atoms with E-state index in [-0.39, 0.29) is 24.1 Å². The van der Waals surface area contributed by atoms with Crippen LogP contribution >= 0.6 is 11.6 Å². The molecule has 0 aliphatic carbocycles. The lowest BCUT2D eigenvalue weighted by molar-refractivity contribution is -0.119. The van der Waals surface area contributed by atoms with Crippen molar-refractivity contribution in [2.75, 3.05) is 17.3 Å². The van der Waals surface area contributed by atoms with Gasteiger partial charge in [0.25, 0.3) is 0 Å². The second kappa shape index (κ2) is 5.02. The third-order valence-electron chi connectivity index (χ3n) is 2.82. The van der Waals surface area contributed by atoms with Gasteiger partial charge in [0, 0.05) is 12.1 Å². The highest BCUT2D eigenvalue weighted by Gasteiger charge is 2.26. The van der Waals surface area contributed by atoms with Gasteiger partial charge in [0.1, 0.15) is 5.82 Å². The van der Waals surface area contributed by atoms with Crippen molar-refractivity contribution >= 4 is 23.2 Å². The molecule has 0 fully saturated rings. The number of alkyl halides is 1. The van der Waals surface area contributed by atoms with Crippen LogP contribution in [0.1, 0.15) is 12.0 Å². The Balaban J connectivity index is 2.32. The first-order valence-electron chi connectivity index (χ1n) is 5.44. The molecular weight excluding hydrogens is 245 g/mol. The number of aliphatic hydroxyl groups is 1. The summed E-state index contributed by atoms with van der Waals surface area (Å²) < 4.78 is 13.2. The molecule has 0 spiro atoms. The lowest BCUT2D eigenvalue weighted by Crippen LogP contribution is -2.41. The molecule has 1 aromatic rings. The summed E-state index contributed by atoms with van der Waals surface area (Å²) in [4.78, 5) is 13.2. The minimum Gasteiger partial charge on any atom is -0.390 e. The molecule has 1 aromatic carbocycles. The van der Waals surface area contributed by atoms with Gasteiger partial charge < -0.3 is 10.0 Å². The van der Waals surface area contributed by atoms with E-state index >= 15 is 0 Å². The van der Waals surface area contributed by atoms with Crippen molar-refractivity contribution in [1.29, 1.82) is 0 Å². The molecule has 1 heterocycles. The highest BCUT2D eigenvalue weighted by Crippen LogP contribution is 2.28. The topological polar surface area (TPSA) is 40.5 Å². The van der Waals surface area contributed by atoms with Gasteiger partial charge in [-0.05, 0) is 24.1 Å². The first kappa shape index (κ1) is 12.3. The molecule has 0 bridgehead atoms. The molecule has 0 saturated carbocycles. The van der Waals surface area contributed by atoms with Gasteiger partial charge in [0.15, 0.2) is 0 Å². The number of halogens is 2. The molecule has 0 radical (unpaired) electrons. The van der Waals surface area contributed by atoms with Crippen molar-refractivity contribution in [3.05, 3.63) is 29.6 Å². The van der Waals surface area contributed by atoms with Crippen molar-refractivity contribution in [3.63, 3.8) is 0 Å². The van der Waals surface area contributed by atoms with E-state index in [1.807, 2.05) is 0 Å². The average Bonchev–Trinajstić information content (AvgIpc) is 2.32. The number of aryl methyl sites for hydroxylation is 1. The Bertz CT molecular complexity index is 439. The Morgan fingerprint density at radius 2 is 2.24 bits per heavy atom. The largest absolute Gasteiger partial charge is 0.390 e. The van der Waals surface area contributed by atoms with Gasteiger partial charge in [-0.3, -0.25) is 4.79 Å². The number of hydrogen-bond donors (Lipinski definition) is 1. The molecule has 5 heteroatoms. The van der Waals surface area contributed by atoms with E-state index in [4.69, 9.17) is 11.6 Å². The minimum atomic E-state index is -0.796. The second-order valence-electron chi connectivity index (χ2n) is 4.09. The molecule has 0 saturated heterocycles. The predicted octanol–water partition coefficient (Wildman–Crippen LogP) is 1.70. The van der Waals surface area contributed by atoms with Gasteiger partial charge in [-0.1, -0.05) is 6.07 Å². The summed E-state index contributed by atoms with van der Waals surface area (Å²) in [6.45, 7) is 0.110. The van der Waals surface area contributed by atoms with Gasteiger partial charge in [0.05, 0.1) is 18.5 Å². The fraction of sp³-hybridized carbons (Fsp3) is 0.417. The first-order chi connectivity index (χ1) is 8.11. The van der Waals surface area contributed by atoms with Crippen LogP contribution in [0.2, 0.25) is 0 Å². The van der Waals surface area contributed by atoms with Crippen LogP contribution in [0.25, 0.3) is 0 Å². The zero-order valence-corrected chi connectivity index (χ0v) is 9.95. The molecule has 1 amide bonds. The number of nitrogens with zero attached hydrogens (tertiary/aromatic N) is 1. The number of benzene rings is 1. The highest BCUT2D eigenvalue weighted by molar-refractivity contribution is 6.18. The molecular formula is C12H13ClFNO2. The van der Waals surface area contributed by atoms with Gasteiger partial charge in [-0.25, -0.2) is 4.39 Å². The lowest BCUT2D eigenvalue weighted by Gasteiger charge is -2.30. The zero-order valence-electron chi connectivity index (χ0n) is 9.20. The summed E-state index contributed by atoms with van der Waals surface area (Å²) in [5.74, 6) is -0.440. The van der Waals surface area contributed by atoms with Gasteiger partial charge in [-0.15, -0.1) is 11.6 Å². The van der Waals surface area contributed by atoms with Crippen LogP contribution in [0.5, 0.6) is 0 Å². The molecule has 1 N–H and O–H groups in total. The second-order valence-corrected chi connectivity index (χ2v) is 4.39. The molecule has 1 atom stereocenters. The van der Waals surface area contributed by atoms with E-state index in [2.05, 4.69) is 0 Å². The SMILES string of the molecule is O=C1CCc2ccc(F)cc2N1CC(O)CCl. The molecule has 17 heavy (non-hydrogen) atoms. The van der Waals surface area contributed by atoms with Crippen molar-refractivity contribution in [3.8, 4) is 0 Å². The fourth-order valence-electron chi connectivity index (χ4n) is 1.97. The first-order valence-corrected chi connectivity index (χ1v) is 5.98. The minimum absolute atomic E-state index is 0.0500. The molecule has 1 unspecified atom stereocenters. The molecule has 3 nitrogen and oxygen atoms in total. The Morgan fingerprint density at radius 3 is 2.94 bits per heavy atom. The number of rotatable bonds is 3. The van der Waals surface area contributed by atoms with E-state index < -0.39 is 6.10 Å². The van der Waals surface area contributed by atoms with Gasteiger partial charge >= 0.3 is 0 Å². The number of β-amino-alcohol motifs (C(OH)–C–C–N with tert-alkyl or cyclic N) is 1. The highest BCUT2D eigenvalue weighted by atomic mass is 35.5. The van der Waals surface area contributed by atoms with Crippen molar-refractivity contribution in [2.45, 2.75) is 18.9 Å². The van der Waals surface area contributed by atoms with Crippen molar-refractivity contribution in [1.82, 2.24) is 0 Å². The monoisotopic (exact) mass is 257 g/mol. The lowest BCUT2D eigenvalue weighted by atomic mass is 10.0. The summed E-state index contributed by atoms with van der Waals surface area (Å²) in [5.41, 5.74) is 1.47. The summed E-state index contributed by atoms with van der Waals surface area (Å²) >= 11 is 5.52. The van der Waals surface area contributed by atoms with Gasteiger partial charge in [-0.2, -0.15) is 0 Å². The smallest absolute Gasteiger partial charge is 0.227 e. The zero-order chi connectivity index (χ0) is 12.4. The van der Waals surface area contributed by atoms with Gasteiger partial charge in [0.2, 0.25) is 5.91 Å². The Labute approximate surface area is 104 Å². The van der Waals surface area contributed by atoms with Crippen LogP contribution in [0, 0.1) is 5.82 Å².